The Bertz CT molecular complexity index is 2140. The number of benzene rings is 1. The van der Waals surface area contributed by atoms with E-state index in [0.29, 0.717) is 37.4 Å². The molecule has 0 atom stereocenters. The van der Waals surface area contributed by atoms with Crippen molar-refractivity contribution in [2.45, 2.75) is 66.2 Å². The van der Waals surface area contributed by atoms with E-state index in [1.165, 1.54) is 14.2 Å². The number of esters is 2. The van der Waals surface area contributed by atoms with E-state index < -0.39 is 0 Å². The molecule has 0 aliphatic carbocycles. The number of fused-ring (bicyclic) bond motifs is 8. The number of aromatic nitrogens is 4. The molecule has 2 aliphatic rings. The van der Waals surface area contributed by atoms with E-state index in [1.54, 1.807) is 0 Å². The number of carbonyl (C=O) groups excluding carboxylic acids is 2. The normalized spacial score (nSPS) is 12.8. The summed E-state index contributed by atoms with van der Waals surface area (Å²) in [6, 6.07) is 16.5. The van der Waals surface area contributed by atoms with Gasteiger partial charge in [-0.2, -0.15) is 0 Å². The Morgan fingerprint density at radius 3 is 1.48 bits per heavy atom. The van der Waals surface area contributed by atoms with Crippen LogP contribution in [0, 0.1) is 13.8 Å². The van der Waals surface area contributed by atoms with Crippen LogP contribution >= 0.6 is 23.2 Å². The third-order valence-electron chi connectivity index (χ3n) is 10.3. The highest BCUT2D eigenvalue weighted by molar-refractivity contribution is 6.19. The summed E-state index contributed by atoms with van der Waals surface area (Å²) >= 11 is 13.0. The number of aryl methyl sites for hydroxylation is 4. The number of H-pyrrole nitrogens is 2. The number of rotatable bonds is 11. The van der Waals surface area contributed by atoms with Gasteiger partial charge >= 0.3 is 11.9 Å². The number of hydrogen-bond acceptors (Lipinski definition) is 6. The van der Waals surface area contributed by atoms with E-state index in [0.717, 1.165) is 101 Å². The lowest BCUT2D eigenvalue weighted by Gasteiger charge is -2.12. The number of aromatic amines is 2. The zero-order valence-electron chi connectivity index (χ0n) is 30.6. The van der Waals surface area contributed by atoms with Crippen LogP contribution in [0.3, 0.4) is 0 Å². The number of nitrogens with zero attached hydrogens (tertiary/aromatic N) is 2. The van der Waals surface area contributed by atoms with Crippen molar-refractivity contribution in [2.24, 2.45) is 0 Å². The second kappa shape index (κ2) is 15.9. The van der Waals surface area contributed by atoms with E-state index in [1.807, 2.05) is 18.2 Å². The van der Waals surface area contributed by atoms with Gasteiger partial charge in [-0.15, -0.1) is 23.2 Å². The van der Waals surface area contributed by atoms with Crippen LogP contribution in [0.2, 0.25) is 0 Å². The maximum atomic E-state index is 12.4. The van der Waals surface area contributed by atoms with Crippen LogP contribution < -0.4 is 0 Å². The smallest absolute Gasteiger partial charge is 0.305 e. The van der Waals surface area contributed by atoms with Crippen molar-refractivity contribution in [2.75, 3.05) is 26.0 Å². The van der Waals surface area contributed by atoms with Crippen molar-refractivity contribution in [1.29, 1.82) is 0 Å². The van der Waals surface area contributed by atoms with Gasteiger partial charge in [0.25, 0.3) is 0 Å². The van der Waals surface area contributed by atoms with Gasteiger partial charge in [0.1, 0.15) is 0 Å². The maximum absolute atomic E-state index is 12.4. The third-order valence-corrected chi connectivity index (χ3v) is 10.7. The average Bonchev–Trinajstić information content (AvgIpc) is 3.81. The molecule has 8 bridgehead atoms. The minimum absolute atomic E-state index is 0.231. The number of halogens is 2. The van der Waals surface area contributed by atoms with Gasteiger partial charge < -0.3 is 19.4 Å². The summed E-state index contributed by atoms with van der Waals surface area (Å²) in [6.07, 6.45) is 2.69. The number of hydrogen-bond donors (Lipinski definition) is 2. The Hall–Kier alpha value is -4.66. The molecule has 0 spiro atoms. The molecule has 0 radical (unpaired) electrons. The van der Waals surface area contributed by atoms with Gasteiger partial charge in [-0.25, -0.2) is 9.97 Å². The third kappa shape index (κ3) is 7.19. The number of alkyl halides is 2. The molecule has 0 saturated heterocycles. The van der Waals surface area contributed by atoms with Crippen molar-refractivity contribution in [3.63, 3.8) is 0 Å². The fraction of sp³-hybridized carbons (Fsp3) is 0.333. The van der Waals surface area contributed by atoms with Crippen LogP contribution in [-0.2, 0) is 31.9 Å². The SMILES string of the molecule is COC(=O)CCc1c(C)c2cc3nc(c(-c4ccccc4)c4nc(cc5[nH]c(cc1[nH]2)c(CCC(=O)OC)c5C)C(C)=C4CCCl)C(CCCl)=C3C. The Morgan fingerprint density at radius 2 is 1.08 bits per heavy atom. The summed E-state index contributed by atoms with van der Waals surface area (Å²) in [5, 5.41) is 0. The molecular formula is C42H44Cl2N4O4. The molecule has 2 aliphatic heterocycles. The van der Waals surface area contributed by atoms with E-state index in [2.05, 4.69) is 68.0 Å². The lowest BCUT2D eigenvalue weighted by molar-refractivity contribution is -0.141. The first-order valence-corrected chi connectivity index (χ1v) is 18.6. The summed E-state index contributed by atoms with van der Waals surface area (Å²) in [7, 11) is 2.81. The number of carbonyl (C=O) groups is 2. The summed E-state index contributed by atoms with van der Waals surface area (Å²) < 4.78 is 10.0. The Morgan fingerprint density at radius 1 is 0.635 bits per heavy atom. The van der Waals surface area contributed by atoms with Gasteiger partial charge in [-0.1, -0.05) is 30.3 Å². The molecule has 10 heteroatoms. The Kier molecular flexibility index (Phi) is 11.4. The lowest BCUT2D eigenvalue weighted by atomic mass is 9.92. The van der Waals surface area contributed by atoms with Gasteiger partial charge in [0.05, 0.1) is 37.0 Å². The van der Waals surface area contributed by atoms with Crippen LogP contribution in [0.4, 0.5) is 0 Å². The van der Waals surface area contributed by atoms with Crippen LogP contribution in [0.5, 0.6) is 0 Å². The molecular weight excluding hydrogens is 695 g/mol. The number of ether oxygens (including phenoxy) is 2. The predicted molar refractivity (Wildman–Crippen MR) is 212 cm³/mol. The zero-order valence-corrected chi connectivity index (χ0v) is 32.1. The Labute approximate surface area is 314 Å². The summed E-state index contributed by atoms with van der Waals surface area (Å²) in [4.78, 5) is 42.8. The highest BCUT2D eigenvalue weighted by atomic mass is 35.5. The highest BCUT2D eigenvalue weighted by Gasteiger charge is 2.27. The fourth-order valence-electron chi connectivity index (χ4n) is 7.31. The van der Waals surface area contributed by atoms with Crippen molar-refractivity contribution < 1.29 is 19.1 Å². The number of allylic oxidation sites excluding steroid dienone is 4. The number of nitrogens with one attached hydrogen (secondary N) is 2. The van der Waals surface area contributed by atoms with Gasteiger partial charge in [-0.05, 0) is 122 Å². The van der Waals surface area contributed by atoms with E-state index in [-0.39, 0.29) is 24.8 Å². The molecule has 52 heavy (non-hydrogen) atoms. The Balaban J connectivity index is 1.81. The first-order valence-electron chi connectivity index (χ1n) is 17.6. The standard InChI is InChI=1S/C42H44Cl2N4O4/c1-23-28(12-14-38(49)51-5)36-22-37-29(13-15-39(50)52-6)24(2)33(46-37)21-35-26(4)31(17-19-44)42(48-35)40(27-10-8-7-9-11-27)41-30(16-18-43)25(3)34(47-41)20-32(23)45-36/h7-11,20-22,45-46H,12-19H2,1-6H3. The summed E-state index contributed by atoms with van der Waals surface area (Å²) in [5.74, 6) is 0.319. The van der Waals surface area contributed by atoms with Gasteiger partial charge in [0.15, 0.2) is 0 Å². The molecule has 270 valence electrons. The van der Waals surface area contributed by atoms with Crippen molar-refractivity contribution >= 4 is 79.5 Å². The van der Waals surface area contributed by atoms with E-state index >= 15 is 0 Å². The number of methoxy groups -OCH3 is 2. The quantitative estimate of drug-likeness (QED) is 0.117. The fourth-order valence-corrected chi connectivity index (χ4v) is 7.68. The van der Waals surface area contributed by atoms with Crippen LogP contribution in [-0.4, -0.2) is 57.9 Å². The first-order chi connectivity index (χ1) is 25.1. The molecule has 1 aromatic carbocycles. The molecule has 4 aromatic rings. The average molecular weight is 740 g/mol. The van der Waals surface area contributed by atoms with Crippen LogP contribution in [0.25, 0.3) is 55.5 Å². The lowest BCUT2D eigenvalue weighted by Crippen LogP contribution is -2.02. The molecule has 0 amide bonds. The molecule has 3 aromatic heterocycles. The van der Waals surface area contributed by atoms with Crippen molar-refractivity contribution in [3.8, 4) is 11.1 Å². The highest BCUT2D eigenvalue weighted by Crippen LogP contribution is 2.44. The molecule has 2 N–H and O–H groups in total. The second-order valence-electron chi connectivity index (χ2n) is 13.2. The summed E-state index contributed by atoms with van der Waals surface area (Å²) in [6.45, 7) is 8.33. The van der Waals surface area contributed by atoms with Crippen LogP contribution in [0.15, 0.2) is 48.5 Å². The molecule has 0 unspecified atom stereocenters. The van der Waals surface area contributed by atoms with Crippen molar-refractivity contribution in [1.82, 2.24) is 19.9 Å². The molecule has 6 rings (SSSR count). The molecule has 5 heterocycles. The van der Waals surface area contributed by atoms with E-state index in [9.17, 15) is 9.59 Å². The second-order valence-corrected chi connectivity index (χ2v) is 14.0. The van der Waals surface area contributed by atoms with E-state index in [4.69, 9.17) is 42.6 Å². The first kappa shape index (κ1) is 37.1. The zero-order chi connectivity index (χ0) is 37.1. The molecule has 0 saturated carbocycles. The van der Waals surface area contributed by atoms with Gasteiger partial charge in [-0.3, -0.25) is 9.59 Å². The molecule has 0 fully saturated rings. The van der Waals surface area contributed by atoms with Crippen molar-refractivity contribution in [3.05, 3.63) is 93.6 Å². The summed E-state index contributed by atoms with van der Waals surface area (Å²) in [5.41, 5.74) is 17.1. The minimum atomic E-state index is -0.278. The topological polar surface area (TPSA) is 110 Å². The monoisotopic (exact) mass is 738 g/mol. The molecule has 8 nitrogen and oxygen atoms in total. The minimum Gasteiger partial charge on any atom is -0.469 e. The largest absolute Gasteiger partial charge is 0.469 e. The van der Waals surface area contributed by atoms with Crippen LogP contribution in [0.1, 0.15) is 84.6 Å². The van der Waals surface area contributed by atoms with Gasteiger partial charge in [0, 0.05) is 52.2 Å². The predicted octanol–water partition coefficient (Wildman–Crippen LogP) is 9.93. The maximum Gasteiger partial charge on any atom is 0.305 e. The van der Waals surface area contributed by atoms with Gasteiger partial charge in [0.2, 0.25) is 0 Å².